The summed E-state index contributed by atoms with van der Waals surface area (Å²) in [5.74, 6) is 0.787. The fourth-order valence-electron chi connectivity index (χ4n) is 4.47. The highest BCUT2D eigenvalue weighted by atomic mass is 32.2. The van der Waals surface area contributed by atoms with Gasteiger partial charge in [0.05, 0.1) is 17.2 Å². The summed E-state index contributed by atoms with van der Waals surface area (Å²) >= 11 is 0. The minimum absolute atomic E-state index is 0.00279. The summed E-state index contributed by atoms with van der Waals surface area (Å²) in [5.41, 5.74) is 0.850. The van der Waals surface area contributed by atoms with Gasteiger partial charge in [0.15, 0.2) is 5.82 Å². The Morgan fingerprint density at radius 2 is 2.14 bits per heavy atom. The van der Waals surface area contributed by atoms with Crippen LogP contribution in [0.15, 0.2) is 23.0 Å². The number of hydrogen-bond acceptors (Lipinski definition) is 7. The third-order valence-electron chi connectivity index (χ3n) is 5.74. The second-order valence-electron chi connectivity index (χ2n) is 7.92. The molecule has 2 aromatic heterocycles. The zero-order valence-electron chi connectivity index (χ0n) is 16.0. The minimum Gasteiger partial charge on any atom is -0.349 e. The van der Waals surface area contributed by atoms with Crippen LogP contribution in [-0.4, -0.2) is 59.1 Å². The van der Waals surface area contributed by atoms with Gasteiger partial charge in [-0.1, -0.05) is 5.16 Å². The lowest BCUT2D eigenvalue weighted by molar-refractivity contribution is 0.0934. The molecule has 3 atom stereocenters. The maximum Gasteiger partial charge on any atom is 0.253 e. The summed E-state index contributed by atoms with van der Waals surface area (Å²) in [5, 5.41) is 6.97. The van der Waals surface area contributed by atoms with E-state index in [1.807, 2.05) is 6.92 Å². The molecule has 2 aliphatic rings. The third-order valence-corrected chi connectivity index (χ3v) is 6.95. The first kappa shape index (κ1) is 19.0. The number of rotatable bonds is 4. The number of sulfonamides is 1. The molecule has 1 N–H and O–H groups in total. The summed E-state index contributed by atoms with van der Waals surface area (Å²) in [6.45, 7) is 4.30. The zero-order chi connectivity index (χ0) is 20.1. The Balaban J connectivity index is 1.58. The van der Waals surface area contributed by atoms with Crippen LogP contribution in [0.4, 0.5) is 0 Å². The normalized spacial score (nSPS) is 27.7. The Labute approximate surface area is 163 Å². The summed E-state index contributed by atoms with van der Waals surface area (Å²) in [6.07, 6.45) is 5.66. The van der Waals surface area contributed by atoms with E-state index in [0.717, 1.165) is 5.56 Å². The Morgan fingerprint density at radius 3 is 2.79 bits per heavy atom. The number of aryl methyl sites for hydroxylation is 2. The summed E-state index contributed by atoms with van der Waals surface area (Å²) in [4.78, 5) is 21.1. The molecule has 10 heteroatoms. The highest BCUT2D eigenvalue weighted by Crippen LogP contribution is 2.50. The standard InChI is InChI=1S/C18H23N5O4S/c1-11-4-13(8-19-7-11)16(24)21-15-5-14-9-23(28(3,25)26)10-18(14,6-15)17-20-12(2)22-27-17/h4,7-8,14-15H,5-6,9-10H2,1-3H3,(H,21,24)/t14?,15-,18+/m1/s1. The van der Waals surface area contributed by atoms with Gasteiger partial charge in [0, 0.05) is 31.5 Å². The Kier molecular flexibility index (Phi) is 4.50. The van der Waals surface area contributed by atoms with Crippen molar-refractivity contribution in [1.29, 1.82) is 0 Å². The van der Waals surface area contributed by atoms with Crippen LogP contribution in [0.5, 0.6) is 0 Å². The number of pyridine rings is 1. The van der Waals surface area contributed by atoms with Crippen LogP contribution in [0, 0.1) is 19.8 Å². The molecular weight excluding hydrogens is 382 g/mol. The number of carbonyl (C=O) groups excluding carboxylic acids is 1. The molecule has 0 aromatic carbocycles. The molecule has 9 nitrogen and oxygen atoms in total. The first-order valence-electron chi connectivity index (χ1n) is 9.16. The topological polar surface area (TPSA) is 118 Å². The van der Waals surface area contributed by atoms with E-state index in [1.165, 1.54) is 10.6 Å². The van der Waals surface area contributed by atoms with Gasteiger partial charge < -0.3 is 9.84 Å². The van der Waals surface area contributed by atoms with Crippen molar-refractivity contribution in [3.05, 3.63) is 41.3 Å². The van der Waals surface area contributed by atoms with Crippen LogP contribution < -0.4 is 5.32 Å². The molecular formula is C18H23N5O4S. The van der Waals surface area contributed by atoms with Gasteiger partial charge in [0.25, 0.3) is 5.91 Å². The van der Waals surface area contributed by atoms with E-state index in [2.05, 4.69) is 20.4 Å². The predicted molar refractivity (Wildman–Crippen MR) is 100 cm³/mol. The summed E-state index contributed by atoms with van der Waals surface area (Å²) < 4.78 is 31.1. The van der Waals surface area contributed by atoms with Gasteiger partial charge in [-0.25, -0.2) is 12.7 Å². The SMILES string of the molecule is Cc1cncc(C(=O)N[C@@H]2CC3CN(S(C)(=O)=O)C[C@@]3(c3nc(C)no3)C2)c1. The molecule has 0 radical (unpaired) electrons. The van der Waals surface area contributed by atoms with Crippen molar-refractivity contribution in [2.75, 3.05) is 19.3 Å². The highest BCUT2D eigenvalue weighted by molar-refractivity contribution is 7.88. The van der Waals surface area contributed by atoms with Crippen molar-refractivity contribution in [3.8, 4) is 0 Å². The molecule has 1 saturated heterocycles. The number of fused-ring (bicyclic) bond motifs is 1. The zero-order valence-corrected chi connectivity index (χ0v) is 16.9. The largest absolute Gasteiger partial charge is 0.349 e. The van der Waals surface area contributed by atoms with E-state index in [-0.39, 0.29) is 24.4 Å². The second kappa shape index (κ2) is 6.63. The van der Waals surface area contributed by atoms with Crippen molar-refractivity contribution in [2.24, 2.45) is 5.92 Å². The van der Waals surface area contributed by atoms with Crippen LogP contribution in [0.3, 0.4) is 0 Å². The lowest BCUT2D eigenvalue weighted by Crippen LogP contribution is -2.39. The van der Waals surface area contributed by atoms with Gasteiger partial charge >= 0.3 is 0 Å². The molecule has 3 heterocycles. The molecule has 28 heavy (non-hydrogen) atoms. The predicted octanol–water partition coefficient (Wildman–Crippen LogP) is 0.803. The maximum atomic E-state index is 12.6. The number of hydrogen-bond donors (Lipinski definition) is 1. The molecule has 1 amide bonds. The van der Waals surface area contributed by atoms with E-state index in [1.54, 1.807) is 25.4 Å². The van der Waals surface area contributed by atoms with Gasteiger partial charge in [0.2, 0.25) is 15.9 Å². The van der Waals surface area contributed by atoms with E-state index in [0.29, 0.717) is 36.7 Å². The van der Waals surface area contributed by atoms with Crippen molar-refractivity contribution >= 4 is 15.9 Å². The van der Waals surface area contributed by atoms with Gasteiger partial charge in [-0.05, 0) is 44.2 Å². The fraction of sp³-hybridized carbons (Fsp3) is 0.556. The van der Waals surface area contributed by atoms with E-state index in [4.69, 9.17) is 4.52 Å². The Bertz CT molecular complexity index is 1020. The molecule has 150 valence electrons. The average Bonchev–Trinajstić information content (AvgIpc) is 3.26. The van der Waals surface area contributed by atoms with Gasteiger partial charge in [-0.15, -0.1) is 0 Å². The lowest BCUT2D eigenvalue weighted by Gasteiger charge is -2.24. The number of nitrogens with one attached hydrogen (secondary N) is 1. The van der Waals surface area contributed by atoms with E-state index >= 15 is 0 Å². The molecule has 0 bridgehead atoms. The maximum absolute atomic E-state index is 12.6. The third kappa shape index (κ3) is 3.30. The van der Waals surface area contributed by atoms with Crippen molar-refractivity contribution in [1.82, 2.24) is 24.7 Å². The molecule has 1 aliphatic carbocycles. The number of carbonyl (C=O) groups is 1. The smallest absolute Gasteiger partial charge is 0.253 e. The summed E-state index contributed by atoms with van der Waals surface area (Å²) in [7, 11) is -3.32. The molecule has 0 spiro atoms. The van der Waals surface area contributed by atoms with Crippen molar-refractivity contribution in [2.45, 2.75) is 38.1 Å². The number of aromatic nitrogens is 3. The average molecular weight is 405 g/mol. The highest BCUT2D eigenvalue weighted by Gasteiger charge is 2.59. The van der Waals surface area contributed by atoms with Crippen LogP contribution >= 0.6 is 0 Å². The second-order valence-corrected chi connectivity index (χ2v) is 9.90. The molecule has 1 aliphatic heterocycles. The quantitative estimate of drug-likeness (QED) is 0.799. The van der Waals surface area contributed by atoms with Crippen LogP contribution in [0.1, 0.15) is 40.5 Å². The van der Waals surface area contributed by atoms with Gasteiger partial charge in [-0.2, -0.15) is 4.98 Å². The van der Waals surface area contributed by atoms with E-state index in [9.17, 15) is 13.2 Å². The lowest BCUT2D eigenvalue weighted by atomic mass is 9.80. The molecule has 1 saturated carbocycles. The van der Waals surface area contributed by atoms with Crippen molar-refractivity contribution < 1.29 is 17.7 Å². The molecule has 2 aromatic rings. The number of nitrogens with zero attached hydrogens (tertiary/aromatic N) is 4. The first-order valence-corrected chi connectivity index (χ1v) is 11.0. The number of amides is 1. The van der Waals surface area contributed by atoms with Gasteiger partial charge in [-0.3, -0.25) is 9.78 Å². The first-order chi connectivity index (χ1) is 13.2. The Hall–Kier alpha value is -2.33. The fourth-order valence-corrected chi connectivity index (χ4v) is 5.38. The molecule has 2 fully saturated rings. The van der Waals surface area contributed by atoms with Crippen LogP contribution in [0.25, 0.3) is 0 Å². The monoisotopic (exact) mass is 405 g/mol. The summed E-state index contributed by atoms with van der Waals surface area (Å²) in [6, 6.07) is 1.69. The molecule has 4 rings (SSSR count). The van der Waals surface area contributed by atoms with Gasteiger partial charge in [0.1, 0.15) is 0 Å². The Morgan fingerprint density at radius 1 is 1.36 bits per heavy atom. The van der Waals surface area contributed by atoms with Crippen LogP contribution in [-0.2, 0) is 15.4 Å². The van der Waals surface area contributed by atoms with E-state index < -0.39 is 15.4 Å². The van der Waals surface area contributed by atoms with Crippen molar-refractivity contribution in [3.63, 3.8) is 0 Å². The van der Waals surface area contributed by atoms with Crippen LogP contribution in [0.2, 0.25) is 0 Å². The minimum atomic E-state index is -3.32. The molecule has 1 unspecified atom stereocenters.